The lowest BCUT2D eigenvalue weighted by atomic mass is 9.92. The molecule has 1 aromatic carbocycles. The van der Waals surface area contributed by atoms with Crippen molar-refractivity contribution >= 4 is 0 Å². The van der Waals surface area contributed by atoms with Crippen molar-refractivity contribution in [3.05, 3.63) is 29.3 Å². The third-order valence-corrected chi connectivity index (χ3v) is 4.25. The van der Waals surface area contributed by atoms with Gasteiger partial charge in [0.2, 0.25) is 0 Å². The molecule has 0 N–H and O–H groups in total. The van der Waals surface area contributed by atoms with E-state index in [-0.39, 0.29) is 17.3 Å². The molecule has 1 unspecified atom stereocenters. The van der Waals surface area contributed by atoms with Crippen LogP contribution < -0.4 is 4.74 Å². The highest BCUT2D eigenvalue weighted by Crippen LogP contribution is 2.51. The molecule has 2 heterocycles. The molecular weight excluding hydrogens is 255 g/mol. The van der Waals surface area contributed by atoms with Gasteiger partial charge < -0.3 is 4.74 Å². The van der Waals surface area contributed by atoms with Gasteiger partial charge in [-0.15, -0.1) is 13.2 Å². The summed E-state index contributed by atoms with van der Waals surface area (Å²) in [6.45, 7) is 5.25. The highest BCUT2D eigenvalue weighted by molar-refractivity contribution is 5.45. The predicted molar refractivity (Wildman–Crippen MR) is 64.8 cm³/mol. The molecule has 5 heteroatoms. The topological polar surface area (TPSA) is 12.5 Å². The maximum Gasteiger partial charge on any atom is 0.573 e. The summed E-state index contributed by atoms with van der Waals surface area (Å²) in [4.78, 5) is 2.37. The summed E-state index contributed by atoms with van der Waals surface area (Å²) in [5.74, 6) is -0.115. The van der Waals surface area contributed by atoms with Gasteiger partial charge in [0.25, 0.3) is 0 Å². The molecule has 0 spiro atoms. The fraction of sp³-hybridized carbons (Fsp3) is 0.571. The van der Waals surface area contributed by atoms with Gasteiger partial charge in [0.05, 0.1) is 0 Å². The van der Waals surface area contributed by atoms with E-state index in [9.17, 15) is 13.2 Å². The monoisotopic (exact) mass is 271 g/mol. The number of alkyl halides is 3. The van der Waals surface area contributed by atoms with Crippen LogP contribution in [0.5, 0.6) is 5.75 Å². The number of hydrogen-bond donors (Lipinski definition) is 0. The van der Waals surface area contributed by atoms with Crippen LogP contribution in [0, 0.1) is 0 Å². The van der Waals surface area contributed by atoms with Gasteiger partial charge in [0.1, 0.15) is 5.75 Å². The molecule has 0 amide bonds. The van der Waals surface area contributed by atoms with Crippen molar-refractivity contribution in [1.29, 1.82) is 0 Å². The molecule has 2 aliphatic rings. The van der Waals surface area contributed by atoms with E-state index in [2.05, 4.69) is 23.5 Å². The summed E-state index contributed by atoms with van der Waals surface area (Å²) < 4.78 is 40.9. The lowest BCUT2D eigenvalue weighted by Crippen LogP contribution is -2.34. The Balaban J connectivity index is 2.00. The highest BCUT2D eigenvalue weighted by Gasteiger charge is 2.46. The first-order valence-electron chi connectivity index (χ1n) is 6.46. The lowest BCUT2D eigenvalue weighted by Gasteiger charge is -2.31. The molecule has 1 fully saturated rings. The largest absolute Gasteiger partial charge is 0.573 e. The number of halogens is 3. The SMILES string of the molecule is CC1(C)c2ccc(OC(F)(F)F)cc2C2CCCN21. The molecule has 0 saturated carbocycles. The van der Waals surface area contributed by atoms with E-state index < -0.39 is 6.36 Å². The Morgan fingerprint density at radius 1 is 1.32 bits per heavy atom. The van der Waals surface area contributed by atoms with Gasteiger partial charge in [-0.3, -0.25) is 4.90 Å². The minimum atomic E-state index is -4.63. The molecule has 0 bridgehead atoms. The van der Waals surface area contributed by atoms with Crippen LogP contribution in [0.1, 0.15) is 43.9 Å². The number of nitrogens with zero attached hydrogens (tertiary/aromatic N) is 1. The van der Waals surface area contributed by atoms with Gasteiger partial charge in [0, 0.05) is 11.6 Å². The summed E-state index contributed by atoms with van der Waals surface area (Å²) >= 11 is 0. The second-order valence-electron chi connectivity index (χ2n) is 5.71. The predicted octanol–water partition coefficient (Wildman–Crippen LogP) is 3.97. The summed E-state index contributed by atoms with van der Waals surface area (Å²) in [6.07, 6.45) is -2.53. The molecular formula is C14H16F3NO. The Bertz CT molecular complexity index is 510. The van der Waals surface area contributed by atoms with E-state index in [1.54, 1.807) is 12.1 Å². The van der Waals surface area contributed by atoms with E-state index in [0.29, 0.717) is 0 Å². The fourth-order valence-corrected chi connectivity index (χ4v) is 3.48. The van der Waals surface area contributed by atoms with Gasteiger partial charge in [-0.25, -0.2) is 0 Å². The Kier molecular flexibility index (Phi) is 2.61. The van der Waals surface area contributed by atoms with Crippen LogP contribution in [0.3, 0.4) is 0 Å². The van der Waals surface area contributed by atoms with E-state index in [4.69, 9.17) is 0 Å². The van der Waals surface area contributed by atoms with E-state index >= 15 is 0 Å². The quantitative estimate of drug-likeness (QED) is 0.766. The van der Waals surface area contributed by atoms with Crippen molar-refractivity contribution in [1.82, 2.24) is 4.90 Å². The van der Waals surface area contributed by atoms with Crippen LogP contribution in [0.2, 0.25) is 0 Å². The van der Waals surface area contributed by atoms with Crippen molar-refractivity contribution in [2.24, 2.45) is 0 Å². The van der Waals surface area contributed by atoms with Crippen molar-refractivity contribution in [3.8, 4) is 5.75 Å². The zero-order valence-electron chi connectivity index (χ0n) is 10.9. The molecule has 0 aliphatic carbocycles. The second kappa shape index (κ2) is 3.88. The Hall–Kier alpha value is -1.23. The van der Waals surface area contributed by atoms with Crippen molar-refractivity contribution < 1.29 is 17.9 Å². The smallest absolute Gasteiger partial charge is 0.406 e. The van der Waals surface area contributed by atoms with Gasteiger partial charge in [-0.2, -0.15) is 0 Å². The van der Waals surface area contributed by atoms with Crippen molar-refractivity contribution in [2.45, 2.75) is 44.6 Å². The molecule has 0 aromatic heterocycles. The molecule has 1 saturated heterocycles. The van der Waals surface area contributed by atoms with Gasteiger partial charge in [0.15, 0.2) is 0 Å². The third-order valence-electron chi connectivity index (χ3n) is 4.25. The average Bonchev–Trinajstić information content (AvgIpc) is 2.81. The summed E-state index contributed by atoms with van der Waals surface area (Å²) in [7, 11) is 0. The summed E-state index contributed by atoms with van der Waals surface area (Å²) in [6, 6.07) is 4.98. The lowest BCUT2D eigenvalue weighted by molar-refractivity contribution is -0.274. The van der Waals surface area contributed by atoms with Gasteiger partial charge >= 0.3 is 6.36 Å². The number of hydrogen-bond acceptors (Lipinski definition) is 2. The van der Waals surface area contributed by atoms with Crippen molar-refractivity contribution in [2.75, 3.05) is 6.54 Å². The molecule has 3 rings (SSSR count). The number of rotatable bonds is 1. The molecule has 0 radical (unpaired) electrons. The van der Waals surface area contributed by atoms with E-state index in [0.717, 1.165) is 30.5 Å². The van der Waals surface area contributed by atoms with Crippen LogP contribution in [-0.2, 0) is 5.54 Å². The third kappa shape index (κ3) is 2.00. The zero-order valence-corrected chi connectivity index (χ0v) is 10.9. The van der Waals surface area contributed by atoms with Crippen molar-refractivity contribution in [3.63, 3.8) is 0 Å². The maximum absolute atomic E-state index is 12.3. The normalized spacial score (nSPS) is 25.2. The van der Waals surface area contributed by atoms with Crippen LogP contribution in [0.25, 0.3) is 0 Å². The number of benzene rings is 1. The molecule has 19 heavy (non-hydrogen) atoms. The fourth-order valence-electron chi connectivity index (χ4n) is 3.48. The zero-order chi connectivity index (χ0) is 13.8. The first kappa shape index (κ1) is 12.8. The molecule has 1 atom stereocenters. The molecule has 2 aliphatic heterocycles. The van der Waals surface area contributed by atoms with E-state index in [1.807, 2.05) is 0 Å². The van der Waals surface area contributed by atoms with Gasteiger partial charge in [-0.1, -0.05) is 6.07 Å². The van der Waals surface area contributed by atoms with Crippen LogP contribution >= 0.6 is 0 Å². The Morgan fingerprint density at radius 2 is 2.05 bits per heavy atom. The van der Waals surface area contributed by atoms with Gasteiger partial charge in [-0.05, 0) is 56.5 Å². The molecule has 104 valence electrons. The van der Waals surface area contributed by atoms with E-state index in [1.165, 1.54) is 6.07 Å². The second-order valence-corrected chi connectivity index (χ2v) is 5.71. The number of ether oxygens (including phenoxy) is 1. The minimum absolute atomic E-state index is 0.104. The van der Waals surface area contributed by atoms with Crippen LogP contribution in [0.15, 0.2) is 18.2 Å². The number of fused-ring (bicyclic) bond motifs is 3. The first-order chi connectivity index (χ1) is 8.79. The summed E-state index contributed by atoms with van der Waals surface area (Å²) in [5, 5.41) is 0. The average molecular weight is 271 g/mol. The molecule has 1 aromatic rings. The minimum Gasteiger partial charge on any atom is -0.406 e. The maximum atomic E-state index is 12.3. The Labute approximate surface area is 110 Å². The highest BCUT2D eigenvalue weighted by atomic mass is 19.4. The summed E-state index contributed by atoms with van der Waals surface area (Å²) in [5.41, 5.74) is 2.00. The van der Waals surface area contributed by atoms with Crippen LogP contribution in [0.4, 0.5) is 13.2 Å². The first-order valence-corrected chi connectivity index (χ1v) is 6.46. The standard InChI is InChI=1S/C14H16F3NO/c1-13(2)11-6-5-9(19-14(15,16)17)8-10(11)12-4-3-7-18(12)13/h5-6,8,12H,3-4,7H2,1-2H3. The van der Waals surface area contributed by atoms with Crippen LogP contribution in [-0.4, -0.2) is 17.8 Å². The Morgan fingerprint density at radius 3 is 2.74 bits per heavy atom. The molecule has 2 nitrogen and oxygen atoms in total.